The lowest BCUT2D eigenvalue weighted by molar-refractivity contribution is -0.135. The predicted molar refractivity (Wildman–Crippen MR) is 138 cm³/mol. The first kappa shape index (κ1) is 24.2. The summed E-state index contributed by atoms with van der Waals surface area (Å²) in [5.41, 5.74) is 4.00. The Bertz CT molecular complexity index is 1170. The van der Waals surface area contributed by atoms with E-state index >= 15 is 0 Å². The molecule has 1 aromatic heterocycles. The zero-order valence-electron chi connectivity index (χ0n) is 21.0. The van der Waals surface area contributed by atoms with Gasteiger partial charge in [-0.2, -0.15) is 0 Å². The molecule has 1 aliphatic carbocycles. The molecule has 8 heteroatoms. The molecular formula is C28H34N6O2. The Morgan fingerprint density at radius 2 is 1.75 bits per heavy atom. The molecule has 188 valence electrons. The monoisotopic (exact) mass is 486 g/mol. The quantitative estimate of drug-likeness (QED) is 0.529. The minimum atomic E-state index is -0.518. The molecule has 3 atom stereocenters. The maximum absolute atomic E-state index is 13.5. The molecule has 1 saturated heterocycles. The van der Waals surface area contributed by atoms with E-state index in [1.807, 2.05) is 17.0 Å². The van der Waals surface area contributed by atoms with Gasteiger partial charge in [0.05, 0.1) is 18.1 Å². The molecule has 0 radical (unpaired) electrons. The molecule has 2 heterocycles. The van der Waals surface area contributed by atoms with E-state index in [4.69, 9.17) is 0 Å². The van der Waals surface area contributed by atoms with E-state index < -0.39 is 6.04 Å². The highest BCUT2D eigenvalue weighted by atomic mass is 16.2. The van der Waals surface area contributed by atoms with E-state index in [9.17, 15) is 9.59 Å². The van der Waals surface area contributed by atoms with E-state index in [1.165, 1.54) is 11.1 Å². The number of carbonyl (C=O) groups excluding carboxylic acids is 2. The normalized spacial score (nSPS) is 20.7. The van der Waals surface area contributed by atoms with Gasteiger partial charge in [-0.3, -0.25) is 9.59 Å². The van der Waals surface area contributed by atoms with Crippen LogP contribution in [0.3, 0.4) is 0 Å². The SMILES string of the molecule is Cc1ccc([C@@H]2C[C@H]2CCC(NC(=O)c2ccc(-n3ccnn3)cc2)C(=O)N2CCN(C)CC2)cc1. The van der Waals surface area contributed by atoms with Crippen molar-refractivity contribution in [3.05, 3.63) is 77.6 Å². The van der Waals surface area contributed by atoms with Gasteiger partial charge < -0.3 is 15.1 Å². The van der Waals surface area contributed by atoms with Crippen LogP contribution in [0.5, 0.6) is 0 Å². The van der Waals surface area contributed by atoms with E-state index in [1.54, 1.807) is 29.2 Å². The van der Waals surface area contributed by atoms with Gasteiger partial charge in [0, 0.05) is 31.7 Å². The van der Waals surface area contributed by atoms with Crippen molar-refractivity contribution in [1.82, 2.24) is 30.1 Å². The summed E-state index contributed by atoms with van der Waals surface area (Å²) in [5.74, 6) is 0.932. The summed E-state index contributed by atoms with van der Waals surface area (Å²) in [4.78, 5) is 30.8. The third-order valence-electron chi connectivity index (χ3n) is 7.49. The number of rotatable bonds is 8. The molecule has 1 aliphatic heterocycles. The second-order valence-electron chi connectivity index (χ2n) is 10.1. The molecule has 1 N–H and O–H groups in total. The van der Waals surface area contributed by atoms with Crippen LogP contribution < -0.4 is 5.32 Å². The van der Waals surface area contributed by atoms with Gasteiger partial charge in [0.2, 0.25) is 5.91 Å². The van der Waals surface area contributed by atoms with Crippen LogP contribution in [0.15, 0.2) is 60.9 Å². The van der Waals surface area contributed by atoms with Crippen molar-refractivity contribution < 1.29 is 9.59 Å². The Morgan fingerprint density at radius 3 is 2.42 bits per heavy atom. The summed E-state index contributed by atoms with van der Waals surface area (Å²) in [6.45, 7) is 5.21. The number of aryl methyl sites for hydroxylation is 1. The lowest BCUT2D eigenvalue weighted by Gasteiger charge is -2.35. The summed E-state index contributed by atoms with van der Waals surface area (Å²) >= 11 is 0. The second-order valence-corrected chi connectivity index (χ2v) is 10.1. The van der Waals surface area contributed by atoms with Gasteiger partial charge in [-0.1, -0.05) is 35.0 Å². The Morgan fingerprint density at radius 1 is 1.03 bits per heavy atom. The molecule has 36 heavy (non-hydrogen) atoms. The largest absolute Gasteiger partial charge is 0.340 e. The fraction of sp³-hybridized carbons (Fsp3) is 0.429. The first-order valence-electron chi connectivity index (χ1n) is 12.8. The molecule has 1 unspecified atom stereocenters. The number of benzene rings is 2. The number of likely N-dealkylation sites (N-methyl/N-ethyl adjacent to an activating group) is 1. The number of aromatic nitrogens is 3. The molecule has 8 nitrogen and oxygen atoms in total. The van der Waals surface area contributed by atoms with Gasteiger partial charge in [-0.05, 0) is 74.9 Å². The third-order valence-corrected chi connectivity index (χ3v) is 7.49. The summed E-state index contributed by atoms with van der Waals surface area (Å²) in [7, 11) is 2.07. The Balaban J connectivity index is 1.24. The van der Waals surface area contributed by atoms with Gasteiger partial charge in [-0.15, -0.1) is 5.10 Å². The molecule has 2 aromatic carbocycles. The number of hydrogen-bond acceptors (Lipinski definition) is 5. The Kier molecular flexibility index (Phi) is 7.13. The van der Waals surface area contributed by atoms with Crippen molar-refractivity contribution in [2.45, 2.75) is 38.1 Å². The summed E-state index contributed by atoms with van der Waals surface area (Å²) in [6.07, 6.45) is 6.09. The van der Waals surface area contributed by atoms with Crippen molar-refractivity contribution in [2.24, 2.45) is 5.92 Å². The fourth-order valence-electron chi connectivity index (χ4n) is 5.03. The lowest BCUT2D eigenvalue weighted by Crippen LogP contribution is -2.54. The number of hydrogen-bond donors (Lipinski definition) is 1. The average molecular weight is 487 g/mol. The second kappa shape index (κ2) is 10.6. The fourth-order valence-corrected chi connectivity index (χ4v) is 5.03. The maximum atomic E-state index is 13.5. The van der Waals surface area contributed by atoms with Crippen molar-refractivity contribution in [3.63, 3.8) is 0 Å². The maximum Gasteiger partial charge on any atom is 0.251 e. The minimum Gasteiger partial charge on any atom is -0.340 e. The van der Waals surface area contributed by atoms with Gasteiger partial charge in [-0.25, -0.2) is 4.68 Å². The van der Waals surface area contributed by atoms with Crippen LogP contribution in [0.25, 0.3) is 5.69 Å². The van der Waals surface area contributed by atoms with E-state index in [-0.39, 0.29) is 11.8 Å². The first-order valence-corrected chi connectivity index (χ1v) is 12.8. The highest BCUT2D eigenvalue weighted by molar-refractivity contribution is 5.97. The number of amides is 2. The van der Waals surface area contributed by atoms with Gasteiger partial charge in [0.1, 0.15) is 6.04 Å². The van der Waals surface area contributed by atoms with Crippen molar-refractivity contribution in [2.75, 3.05) is 33.2 Å². The lowest BCUT2D eigenvalue weighted by atomic mass is 10.0. The summed E-state index contributed by atoms with van der Waals surface area (Å²) in [6, 6.07) is 15.4. The number of nitrogens with zero attached hydrogens (tertiary/aromatic N) is 5. The molecule has 0 bridgehead atoms. The van der Waals surface area contributed by atoms with Crippen molar-refractivity contribution in [1.29, 1.82) is 0 Å². The Hall–Kier alpha value is -3.52. The molecule has 1 saturated carbocycles. The highest BCUT2D eigenvalue weighted by Gasteiger charge is 2.39. The molecule has 2 amide bonds. The van der Waals surface area contributed by atoms with Crippen LogP contribution in [0.2, 0.25) is 0 Å². The number of nitrogens with one attached hydrogen (secondary N) is 1. The standard InChI is InChI=1S/C28H34N6O2/c1-20-3-5-21(6-4-20)25-19-23(25)9-12-26(28(36)33-17-15-32(2)16-18-33)30-27(35)22-7-10-24(11-8-22)34-14-13-29-31-34/h3-8,10-11,13-14,23,25-26H,9,12,15-19H2,1-2H3,(H,30,35)/t23-,25+,26?/m1/s1. The van der Waals surface area contributed by atoms with Gasteiger partial charge in [0.15, 0.2) is 0 Å². The Labute approximate surface area is 212 Å². The first-order chi connectivity index (χ1) is 17.5. The van der Waals surface area contributed by atoms with Crippen LogP contribution in [0, 0.1) is 12.8 Å². The van der Waals surface area contributed by atoms with Gasteiger partial charge in [0.25, 0.3) is 5.91 Å². The molecule has 2 fully saturated rings. The van der Waals surface area contributed by atoms with Gasteiger partial charge >= 0.3 is 0 Å². The van der Waals surface area contributed by atoms with Crippen LogP contribution in [0.4, 0.5) is 0 Å². The number of piperazine rings is 1. The molecule has 5 rings (SSSR count). The number of carbonyl (C=O) groups is 2. The zero-order valence-corrected chi connectivity index (χ0v) is 21.0. The molecular weight excluding hydrogens is 452 g/mol. The predicted octanol–water partition coefficient (Wildman–Crippen LogP) is 3.03. The zero-order chi connectivity index (χ0) is 25.1. The average Bonchev–Trinajstić information content (AvgIpc) is 3.46. The minimum absolute atomic E-state index is 0.0308. The van der Waals surface area contributed by atoms with Crippen LogP contribution >= 0.6 is 0 Å². The van der Waals surface area contributed by atoms with E-state index in [0.717, 1.165) is 31.6 Å². The summed E-state index contributed by atoms with van der Waals surface area (Å²) < 4.78 is 1.64. The summed E-state index contributed by atoms with van der Waals surface area (Å²) in [5, 5.41) is 10.9. The van der Waals surface area contributed by atoms with Crippen molar-refractivity contribution >= 4 is 11.8 Å². The highest BCUT2D eigenvalue weighted by Crippen LogP contribution is 2.50. The smallest absolute Gasteiger partial charge is 0.251 e. The van der Waals surface area contributed by atoms with Crippen LogP contribution in [-0.4, -0.2) is 75.9 Å². The molecule has 0 spiro atoms. The topological polar surface area (TPSA) is 83.4 Å². The van der Waals surface area contributed by atoms with Crippen LogP contribution in [0.1, 0.15) is 46.7 Å². The third kappa shape index (κ3) is 5.65. The van der Waals surface area contributed by atoms with E-state index in [0.29, 0.717) is 36.9 Å². The van der Waals surface area contributed by atoms with Crippen molar-refractivity contribution in [3.8, 4) is 5.69 Å². The molecule has 3 aromatic rings. The molecule has 2 aliphatic rings. The van der Waals surface area contributed by atoms with Crippen LogP contribution in [-0.2, 0) is 4.79 Å². The van der Waals surface area contributed by atoms with E-state index in [2.05, 4.69) is 58.8 Å².